The molecule has 0 saturated carbocycles. The average Bonchev–Trinajstić information content (AvgIpc) is 3.08. The number of benzene rings is 1. The van der Waals surface area contributed by atoms with Crippen LogP contribution in [0.2, 0.25) is 0 Å². The van der Waals surface area contributed by atoms with Gasteiger partial charge in [-0.25, -0.2) is 0 Å². The van der Waals surface area contributed by atoms with Crippen LogP contribution in [0.15, 0.2) is 30.3 Å². The predicted molar refractivity (Wildman–Crippen MR) is 117 cm³/mol. The minimum Gasteiger partial charge on any atom is -0.496 e. The van der Waals surface area contributed by atoms with E-state index in [0.29, 0.717) is 35.8 Å². The van der Waals surface area contributed by atoms with Gasteiger partial charge in [0, 0.05) is 23.1 Å². The van der Waals surface area contributed by atoms with Crippen molar-refractivity contribution in [2.45, 2.75) is 19.9 Å². The fourth-order valence-electron chi connectivity index (χ4n) is 3.10. The van der Waals surface area contributed by atoms with Gasteiger partial charge in [-0.05, 0) is 29.9 Å². The van der Waals surface area contributed by atoms with Gasteiger partial charge in [-0.2, -0.15) is 5.26 Å². The third-order valence-corrected chi connectivity index (χ3v) is 6.41. The number of carbonyl (C=O) groups is 2. The van der Waals surface area contributed by atoms with Crippen LogP contribution in [0, 0.1) is 11.3 Å². The maximum atomic E-state index is 12.4. The van der Waals surface area contributed by atoms with Gasteiger partial charge in [0.15, 0.2) is 0 Å². The maximum absolute atomic E-state index is 12.4. The van der Waals surface area contributed by atoms with Crippen LogP contribution < -0.4 is 10.1 Å². The first-order chi connectivity index (χ1) is 14.1. The third kappa shape index (κ3) is 4.81. The number of fused-ring (bicyclic) bond motifs is 1. The van der Waals surface area contributed by atoms with Gasteiger partial charge >= 0.3 is 0 Å². The Hall–Kier alpha value is -2.76. The van der Waals surface area contributed by atoms with Crippen LogP contribution in [0.5, 0.6) is 5.75 Å². The molecule has 2 aromatic rings. The number of amides is 2. The Morgan fingerprint density at radius 3 is 2.93 bits per heavy atom. The molecule has 6 nitrogen and oxygen atoms in total. The highest BCUT2D eigenvalue weighted by Crippen LogP contribution is 2.37. The largest absolute Gasteiger partial charge is 0.496 e. The molecule has 150 valence electrons. The number of nitrogens with zero attached hydrogens (tertiary/aromatic N) is 2. The predicted octanol–water partition coefficient (Wildman–Crippen LogP) is 4.51. The van der Waals surface area contributed by atoms with E-state index in [9.17, 15) is 14.9 Å². The monoisotopic (exact) mass is 427 g/mol. The first-order valence-electron chi connectivity index (χ1n) is 9.15. The molecular weight excluding hydrogens is 406 g/mol. The van der Waals surface area contributed by atoms with E-state index < -0.39 is 0 Å². The molecule has 29 heavy (non-hydrogen) atoms. The summed E-state index contributed by atoms with van der Waals surface area (Å²) in [6, 6.07) is 9.62. The zero-order chi connectivity index (χ0) is 20.8. The Morgan fingerprint density at radius 1 is 1.41 bits per heavy atom. The first-order valence-corrected chi connectivity index (χ1v) is 11.0. The van der Waals surface area contributed by atoms with Gasteiger partial charge < -0.3 is 15.0 Å². The number of nitrogens with one attached hydrogen (secondary N) is 1. The fourth-order valence-corrected chi connectivity index (χ4v) is 4.91. The minimum atomic E-state index is -0.319. The summed E-state index contributed by atoms with van der Waals surface area (Å²) in [5, 5.41) is 13.0. The molecule has 0 bridgehead atoms. The van der Waals surface area contributed by atoms with E-state index in [0.717, 1.165) is 21.8 Å². The van der Waals surface area contributed by atoms with Crippen molar-refractivity contribution in [3.63, 3.8) is 0 Å². The van der Waals surface area contributed by atoms with E-state index in [1.165, 1.54) is 29.2 Å². The Labute approximate surface area is 178 Å². The molecule has 0 atom stereocenters. The lowest BCUT2D eigenvalue weighted by atomic mass is 10.0. The molecule has 0 radical (unpaired) electrons. The van der Waals surface area contributed by atoms with E-state index in [-0.39, 0.29) is 11.1 Å². The summed E-state index contributed by atoms with van der Waals surface area (Å²) in [4.78, 5) is 27.3. The van der Waals surface area contributed by atoms with Crippen LogP contribution in [-0.2, 0) is 17.8 Å². The van der Waals surface area contributed by atoms with Crippen molar-refractivity contribution in [1.29, 1.82) is 5.26 Å². The molecule has 2 heterocycles. The van der Waals surface area contributed by atoms with E-state index in [1.54, 1.807) is 18.1 Å². The summed E-state index contributed by atoms with van der Waals surface area (Å²) in [6.45, 7) is 3.02. The number of anilines is 1. The lowest BCUT2D eigenvalue weighted by Crippen LogP contribution is -2.32. The number of nitriles is 1. The highest BCUT2D eigenvalue weighted by molar-refractivity contribution is 8.13. The second-order valence-corrected chi connectivity index (χ2v) is 8.58. The van der Waals surface area contributed by atoms with Crippen molar-refractivity contribution in [2.24, 2.45) is 0 Å². The second-order valence-electron chi connectivity index (χ2n) is 6.25. The summed E-state index contributed by atoms with van der Waals surface area (Å²) in [7, 11) is 1.58. The molecule has 0 fully saturated rings. The molecular formula is C21H21N3O3S2. The maximum Gasteiger partial charge on any atom is 0.281 e. The van der Waals surface area contributed by atoms with Gasteiger partial charge in [0.25, 0.3) is 5.24 Å². The molecule has 0 unspecified atom stereocenters. The van der Waals surface area contributed by atoms with Crippen molar-refractivity contribution >= 4 is 45.3 Å². The van der Waals surface area contributed by atoms with Gasteiger partial charge in [0.2, 0.25) is 5.91 Å². The molecule has 1 aromatic heterocycles. The van der Waals surface area contributed by atoms with E-state index in [1.807, 2.05) is 31.2 Å². The number of methoxy groups -OCH3 is 1. The number of thiophene rings is 1. The van der Waals surface area contributed by atoms with Crippen LogP contribution >= 0.6 is 23.1 Å². The fraction of sp³-hybridized carbons (Fsp3) is 0.286. The summed E-state index contributed by atoms with van der Waals surface area (Å²) in [5.74, 6) is 1.09. The minimum absolute atomic E-state index is 0.0513. The van der Waals surface area contributed by atoms with Crippen LogP contribution in [0.4, 0.5) is 9.80 Å². The highest BCUT2D eigenvalue weighted by Gasteiger charge is 2.27. The molecule has 8 heteroatoms. The number of ether oxygens (including phenoxy) is 1. The SMILES string of the molecule is CCSC(=O)N1CCc2c(sc(NC(=O)C=Cc3ccccc3OC)c2C#N)C1. The molecule has 0 spiro atoms. The highest BCUT2D eigenvalue weighted by atomic mass is 32.2. The summed E-state index contributed by atoms with van der Waals surface area (Å²) in [6.07, 6.45) is 3.72. The number of thioether (sulfide) groups is 1. The van der Waals surface area contributed by atoms with Gasteiger partial charge in [-0.1, -0.05) is 36.9 Å². The second kappa shape index (κ2) is 9.63. The van der Waals surface area contributed by atoms with E-state index in [4.69, 9.17) is 4.74 Å². The summed E-state index contributed by atoms with van der Waals surface area (Å²) >= 11 is 2.65. The third-order valence-electron chi connectivity index (χ3n) is 4.48. The molecule has 0 aliphatic carbocycles. The Balaban J connectivity index is 1.75. The molecule has 3 rings (SSSR count). The number of para-hydroxylation sites is 1. The van der Waals surface area contributed by atoms with Crippen LogP contribution in [0.3, 0.4) is 0 Å². The Bertz CT molecular complexity index is 992. The average molecular weight is 428 g/mol. The van der Waals surface area contributed by atoms with Crippen molar-refractivity contribution in [2.75, 3.05) is 24.7 Å². The normalized spacial score (nSPS) is 13.1. The molecule has 0 saturated heterocycles. The van der Waals surface area contributed by atoms with Crippen LogP contribution in [0.25, 0.3) is 6.08 Å². The number of rotatable bonds is 5. The number of hydrogen-bond acceptors (Lipinski definition) is 6. The van der Waals surface area contributed by atoms with Crippen molar-refractivity contribution in [3.05, 3.63) is 51.9 Å². The Morgan fingerprint density at radius 2 is 2.21 bits per heavy atom. The zero-order valence-corrected chi connectivity index (χ0v) is 17.9. The molecule has 1 aromatic carbocycles. The number of hydrogen-bond donors (Lipinski definition) is 1. The lowest BCUT2D eigenvalue weighted by Gasteiger charge is -2.26. The van der Waals surface area contributed by atoms with Gasteiger partial charge in [0.05, 0.1) is 19.2 Å². The van der Waals surface area contributed by atoms with Gasteiger partial charge in [-0.3, -0.25) is 9.59 Å². The Kier molecular flexibility index (Phi) is 6.96. The lowest BCUT2D eigenvalue weighted by molar-refractivity contribution is -0.111. The zero-order valence-electron chi connectivity index (χ0n) is 16.2. The van der Waals surface area contributed by atoms with Crippen molar-refractivity contribution in [1.82, 2.24) is 4.90 Å². The topological polar surface area (TPSA) is 82.4 Å². The standard InChI is InChI=1S/C21H21N3O3S2/c1-3-28-21(26)24-11-10-15-16(12-22)20(29-18(15)13-24)23-19(25)9-8-14-6-4-5-7-17(14)27-2/h4-9H,3,10-11,13H2,1-2H3,(H,23,25). The smallest absolute Gasteiger partial charge is 0.281 e. The summed E-state index contributed by atoms with van der Waals surface area (Å²) in [5.41, 5.74) is 2.23. The molecule has 2 amide bonds. The first kappa shape index (κ1) is 21.0. The van der Waals surface area contributed by atoms with Crippen LogP contribution in [0.1, 0.15) is 28.5 Å². The van der Waals surface area contributed by atoms with Gasteiger partial charge in [0.1, 0.15) is 16.8 Å². The van der Waals surface area contributed by atoms with Crippen LogP contribution in [-0.4, -0.2) is 35.5 Å². The van der Waals surface area contributed by atoms with Crippen molar-refractivity contribution < 1.29 is 14.3 Å². The quantitative estimate of drug-likeness (QED) is 0.710. The van der Waals surface area contributed by atoms with Crippen molar-refractivity contribution in [3.8, 4) is 11.8 Å². The van der Waals surface area contributed by atoms with Gasteiger partial charge in [-0.15, -0.1) is 11.3 Å². The van der Waals surface area contributed by atoms with E-state index in [2.05, 4.69) is 11.4 Å². The molecule has 1 aliphatic heterocycles. The van der Waals surface area contributed by atoms with E-state index >= 15 is 0 Å². The number of carbonyl (C=O) groups excluding carboxylic acids is 2. The molecule has 1 aliphatic rings. The summed E-state index contributed by atoms with van der Waals surface area (Å²) < 4.78 is 5.28. The molecule has 1 N–H and O–H groups in total.